The number of ether oxygens (including phenoxy) is 1. The van der Waals surface area contributed by atoms with Crippen LogP contribution in [0.15, 0.2) is 66.7 Å². The summed E-state index contributed by atoms with van der Waals surface area (Å²) in [5.41, 5.74) is 2.69. The molecule has 0 fully saturated rings. The zero-order chi connectivity index (χ0) is 21.3. The van der Waals surface area contributed by atoms with E-state index in [2.05, 4.69) is 15.4 Å². The number of carbonyl (C=O) groups excluding carboxylic acids is 2. The lowest BCUT2D eigenvalue weighted by molar-refractivity contribution is -0.274. The minimum absolute atomic E-state index is 0.197. The molecular formula is C22H15F3N2O3. The maximum atomic E-state index is 12.5. The van der Waals surface area contributed by atoms with Gasteiger partial charge in [0.2, 0.25) is 0 Å². The van der Waals surface area contributed by atoms with Crippen molar-refractivity contribution in [1.29, 1.82) is 0 Å². The number of carbonyl (C=O) groups is 2. The minimum Gasteiger partial charge on any atom is -0.406 e. The summed E-state index contributed by atoms with van der Waals surface area (Å²) >= 11 is 0. The van der Waals surface area contributed by atoms with Gasteiger partial charge in [0, 0.05) is 12.1 Å². The van der Waals surface area contributed by atoms with Crippen molar-refractivity contribution in [2.24, 2.45) is 0 Å². The molecule has 0 saturated heterocycles. The molecule has 0 unspecified atom stereocenters. The predicted octanol–water partition coefficient (Wildman–Crippen LogP) is 4.75. The first-order valence-corrected chi connectivity index (χ1v) is 8.98. The number of nitrogens with one attached hydrogen (secondary N) is 2. The molecule has 0 bridgehead atoms. The second-order valence-electron chi connectivity index (χ2n) is 6.59. The van der Waals surface area contributed by atoms with E-state index in [0.717, 1.165) is 0 Å². The predicted molar refractivity (Wildman–Crippen MR) is 104 cm³/mol. The number of alkyl halides is 3. The van der Waals surface area contributed by atoms with Gasteiger partial charge in [-0.1, -0.05) is 36.4 Å². The molecule has 0 radical (unpaired) electrons. The molecule has 3 aromatic carbocycles. The van der Waals surface area contributed by atoms with Crippen molar-refractivity contribution in [2.75, 3.05) is 5.32 Å². The highest BCUT2D eigenvalue weighted by Gasteiger charge is 2.31. The van der Waals surface area contributed by atoms with Crippen LogP contribution >= 0.6 is 0 Å². The zero-order valence-electron chi connectivity index (χ0n) is 15.4. The summed E-state index contributed by atoms with van der Waals surface area (Å²) in [6.07, 6.45) is -4.80. The summed E-state index contributed by atoms with van der Waals surface area (Å²) in [6, 6.07) is 17.3. The second-order valence-corrected chi connectivity index (χ2v) is 6.59. The summed E-state index contributed by atoms with van der Waals surface area (Å²) in [5.74, 6) is -1.09. The molecule has 1 aliphatic rings. The Balaban J connectivity index is 1.70. The third-order valence-corrected chi connectivity index (χ3v) is 4.63. The largest absolute Gasteiger partial charge is 0.573 e. The lowest BCUT2D eigenvalue weighted by Crippen LogP contribution is -2.17. The molecule has 4 rings (SSSR count). The van der Waals surface area contributed by atoms with E-state index in [1.807, 2.05) is 0 Å². The topological polar surface area (TPSA) is 67.4 Å². The van der Waals surface area contributed by atoms with Crippen LogP contribution in [-0.2, 0) is 6.54 Å². The number of rotatable bonds is 4. The Bertz CT molecular complexity index is 1130. The normalized spacial score (nSPS) is 12.8. The number of hydrogen-bond acceptors (Lipinski definition) is 3. The van der Waals surface area contributed by atoms with Crippen LogP contribution in [0.2, 0.25) is 0 Å². The Kier molecular flexibility index (Phi) is 4.91. The van der Waals surface area contributed by atoms with Gasteiger partial charge < -0.3 is 15.4 Å². The Morgan fingerprint density at radius 3 is 2.50 bits per heavy atom. The van der Waals surface area contributed by atoms with Crippen molar-refractivity contribution >= 4 is 17.5 Å². The van der Waals surface area contributed by atoms with Gasteiger partial charge in [-0.15, -0.1) is 13.2 Å². The van der Waals surface area contributed by atoms with Crippen LogP contribution in [0.25, 0.3) is 11.1 Å². The summed E-state index contributed by atoms with van der Waals surface area (Å²) < 4.78 is 41.6. The molecule has 8 heteroatoms. The highest BCUT2D eigenvalue weighted by Crippen LogP contribution is 2.36. The standard InChI is InChI=1S/C22H15F3N2O3/c23-22(24,25)30-15-8-4-7-14(11-15)16-9-10-18(19-17(16)12-26-21(19)29)27-20(28)13-5-2-1-3-6-13/h1-11H,12H2,(H,26,29)(H,27,28). The maximum absolute atomic E-state index is 12.5. The number of hydrogen-bond donors (Lipinski definition) is 2. The van der Waals surface area contributed by atoms with Gasteiger partial charge >= 0.3 is 6.36 Å². The second kappa shape index (κ2) is 7.55. The highest BCUT2D eigenvalue weighted by atomic mass is 19.4. The van der Waals surface area contributed by atoms with Crippen LogP contribution < -0.4 is 15.4 Å². The van der Waals surface area contributed by atoms with E-state index in [-0.39, 0.29) is 24.1 Å². The average molecular weight is 412 g/mol. The SMILES string of the molecule is O=C(Nc1ccc(-c2cccc(OC(F)(F)F)c2)c2c1C(=O)NC2)c1ccccc1. The third-order valence-electron chi connectivity index (χ3n) is 4.63. The number of anilines is 1. The third kappa shape index (κ3) is 3.98. The van der Waals surface area contributed by atoms with Crippen LogP contribution in [0.5, 0.6) is 5.75 Å². The molecule has 0 aliphatic carbocycles. The van der Waals surface area contributed by atoms with Crippen molar-refractivity contribution in [3.8, 4) is 16.9 Å². The van der Waals surface area contributed by atoms with Crippen LogP contribution in [0.1, 0.15) is 26.3 Å². The van der Waals surface area contributed by atoms with E-state index in [1.165, 1.54) is 18.2 Å². The first kappa shape index (κ1) is 19.5. The van der Waals surface area contributed by atoms with Crippen molar-refractivity contribution in [2.45, 2.75) is 12.9 Å². The molecule has 2 amide bonds. The van der Waals surface area contributed by atoms with Crippen molar-refractivity contribution in [1.82, 2.24) is 5.32 Å². The zero-order valence-corrected chi connectivity index (χ0v) is 15.4. The van der Waals surface area contributed by atoms with Gasteiger partial charge in [-0.05, 0) is 47.0 Å². The molecule has 0 atom stereocenters. The molecule has 152 valence electrons. The highest BCUT2D eigenvalue weighted by molar-refractivity contribution is 6.11. The van der Waals surface area contributed by atoms with E-state index in [4.69, 9.17) is 0 Å². The molecule has 0 saturated carbocycles. The molecule has 1 heterocycles. The fourth-order valence-corrected chi connectivity index (χ4v) is 3.37. The van der Waals surface area contributed by atoms with Crippen molar-refractivity contribution in [3.63, 3.8) is 0 Å². The fourth-order valence-electron chi connectivity index (χ4n) is 3.37. The lowest BCUT2D eigenvalue weighted by Gasteiger charge is -2.14. The number of fused-ring (bicyclic) bond motifs is 1. The van der Waals surface area contributed by atoms with Gasteiger partial charge in [0.25, 0.3) is 11.8 Å². The molecular weight excluding hydrogens is 397 g/mol. The smallest absolute Gasteiger partial charge is 0.406 e. The first-order valence-electron chi connectivity index (χ1n) is 8.98. The van der Waals surface area contributed by atoms with E-state index in [0.29, 0.717) is 33.5 Å². The molecule has 0 spiro atoms. The summed E-state index contributed by atoms with van der Waals surface area (Å²) in [4.78, 5) is 24.9. The van der Waals surface area contributed by atoms with Gasteiger partial charge in [0.15, 0.2) is 0 Å². The summed E-state index contributed by atoms with van der Waals surface area (Å²) in [6.45, 7) is 0.197. The Morgan fingerprint density at radius 1 is 1.00 bits per heavy atom. The molecule has 3 aromatic rings. The molecule has 0 aromatic heterocycles. The van der Waals surface area contributed by atoms with Crippen LogP contribution in [0.3, 0.4) is 0 Å². The van der Waals surface area contributed by atoms with Gasteiger partial charge in [-0.2, -0.15) is 0 Å². The summed E-state index contributed by atoms with van der Waals surface area (Å²) in [5, 5.41) is 5.44. The first-order chi connectivity index (χ1) is 14.3. The summed E-state index contributed by atoms with van der Waals surface area (Å²) in [7, 11) is 0. The molecule has 1 aliphatic heterocycles. The van der Waals surface area contributed by atoms with E-state index in [9.17, 15) is 22.8 Å². The Hall–Kier alpha value is -3.81. The van der Waals surface area contributed by atoms with Crippen molar-refractivity contribution < 1.29 is 27.5 Å². The fraction of sp³-hybridized carbons (Fsp3) is 0.0909. The van der Waals surface area contributed by atoms with E-state index < -0.39 is 6.36 Å². The number of halogens is 3. The lowest BCUT2D eigenvalue weighted by atomic mass is 9.95. The Labute approximate surface area is 169 Å². The van der Waals surface area contributed by atoms with Gasteiger partial charge in [0.05, 0.1) is 11.3 Å². The maximum Gasteiger partial charge on any atom is 0.573 e. The van der Waals surface area contributed by atoms with Crippen LogP contribution in [-0.4, -0.2) is 18.2 Å². The van der Waals surface area contributed by atoms with E-state index >= 15 is 0 Å². The average Bonchev–Trinajstić information content (AvgIpc) is 3.10. The minimum atomic E-state index is -4.80. The van der Waals surface area contributed by atoms with Gasteiger partial charge in [-0.25, -0.2) is 0 Å². The number of benzene rings is 3. The van der Waals surface area contributed by atoms with Gasteiger partial charge in [-0.3, -0.25) is 9.59 Å². The molecule has 2 N–H and O–H groups in total. The number of amides is 2. The van der Waals surface area contributed by atoms with Crippen LogP contribution in [0, 0.1) is 0 Å². The quantitative estimate of drug-likeness (QED) is 0.650. The van der Waals surface area contributed by atoms with Gasteiger partial charge in [0.1, 0.15) is 5.75 Å². The van der Waals surface area contributed by atoms with E-state index in [1.54, 1.807) is 48.5 Å². The van der Waals surface area contributed by atoms with Crippen LogP contribution in [0.4, 0.5) is 18.9 Å². The molecule has 30 heavy (non-hydrogen) atoms. The van der Waals surface area contributed by atoms with Crippen molar-refractivity contribution in [3.05, 3.63) is 83.4 Å². The molecule has 5 nitrogen and oxygen atoms in total. The monoisotopic (exact) mass is 412 g/mol. The Morgan fingerprint density at radius 2 is 1.77 bits per heavy atom.